The predicted molar refractivity (Wildman–Crippen MR) is 84.1 cm³/mol. The van der Waals surface area contributed by atoms with Crippen molar-refractivity contribution in [3.63, 3.8) is 0 Å². The molecule has 3 nitrogen and oxygen atoms in total. The molecule has 24 heavy (non-hydrogen) atoms. The van der Waals surface area contributed by atoms with E-state index in [4.69, 9.17) is 4.42 Å². The maximum Gasteiger partial charge on any atom is 0.450 e. The van der Waals surface area contributed by atoms with Gasteiger partial charge in [-0.05, 0) is 37.1 Å². The van der Waals surface area contributed by atoms with Crippen LogP contribution in [0.3, 0.4) is 0 Å². The van der Waals surface area contributed by atoms with Crippen LogP contribution in [0.4, 0.5) is 13.2 Å². The van der Waals surface area contributed by atoms with E-state index < -0.39 is 22.9 Å². The number of hydrogen-bond acceptors (Lipinski definition) is 3. The molecule has 3 aromatic rings. The Bertz CT molecular complexity index is 1000. The molecule has 1 heterocycles. The number of aromatic hydroxyl groups is 1. The lowest BCUT2D eigenvalue weighted by Crippen LogP contribution is -2.16. The summed E-state index contributed by atoms with van der Waals surface area (Å²) < 4.78 is 45.6. The van der Waals surface area contributed by atoms with E-state index in [0.717, 1.165) is 0 Å². The van der Waals surface area contributed by atoms with E-state index in [1.54, 1.807) is 25.1 Å². The molecular formula is C18H13F3O3. The van der Waals surface area contributed by atoms with Gasteiger partial charge in [0.2, 0.25) is 11.2 Å². The minimum Gasteiger partial charge on any atom is -0.508 e. The number of hydrogen-bond donors (Lipinski definition) is 1. The average Bonchev–Trinajstić information content (AvgIpc) is 2.51. The molecule has 3 rings (SSSR count). The van der Waals surface area contributed by atoms with E-state index >= 15 is 0 Å². The molecule has 1 aromatic heterocycles. The first-order valence-electron chi connectivity index (χ1n) is 7.14. The standard InChI is InChI=1S/C18H13F3O3/c1-9-5-3-4-6-11(9)14-15(23)12-7-8-13(22)10(2)16(12)24-17(14)18(19,20)21/h3-8,22H,1-2H3. The lowest BCUT2D eigenvalue weighted by molar-refractivity contribution is -0.152. The minimum absolute atomic E-state index is 0.00319. The monoisotopic (exact) mass is 334 g/mol. The summed E-state index contributed by atoms with van der Waals surface area (Å²) in [5.41, 5.74) is -0.758. The highest BCUT2D eigenvalue weighted by Gasteiger charge is 2.39. The molecule has 0 unspecified atom stereocenters. The van der Waals surface area contributed by atoms with Crippen LogP contribution in [0.5, 0.6) is 5.75 Å². The minimum atomic E-state index is -4.84. The van der Waals surface area contributed by atoms with Crippen molar-refractivity contribution in [2.75, 3.05) is 0 Å². The molecule has 0 saturated carbocycles. The van der Waals surface area contributed by atoms with Crippen molar-refractivity contribution in [2.24, 2.45) is 0 Å². The van der Waals surface area contributed by atoms with Crippen molar-refractivity contribution in [3.05, 3.63) is 63.5 Å². The highest BCUT2D eigenvalue weighted by molar-refractivity contribution is 5.87. The molecule has 0 bridgehead atoms. The van der Waals surface area contributed by atoms with Gasteiger partial charge in [-0.15, -0.1) is 0 Å². The second-order valence-corrected chi connectivity index (χ2v) is 5.53. The second kappa shape index (κ2) is 5.40. The highest BCUT2D eigenvalue weighted by atomic mass is 19.4. The van der Waals surface area contributed by atoms with Gasteiger partial charge in [-0.3, -0.25) is 4.79 Å². The SMILES string of the molecule is Cc1ccccc1-c1c(C(F)(F)F)oc2c(C)c(O)ccc2c1=O. The molecule has 2 aromatic carbocycles. The molecule has 6 heteroatoms. The van der Waals surface area contributed by atoms with Crippen molar-refractivity contribution in [1.82, 2.24) is 0 Å². The maximum absolute atomic E-state index is 13.5. The van der Waals surface area contributed by atoms with Crippen LogP contribution in [0, 0.1) is 13.8 Å². The zero-order chi connectivity index (χ0) is 17.6. The van der Waals surface area contributed by atoms with Crippen LogP contribution in [-0.2, 0) is 6.18 Å². The van der Waals surface area contributed by atoms with Crippen molar-refractivity contribution in [1.29, 1.82) is 0 Å². The van der Waals surface area contributed by atoms with Crippen LogP contribution in [-0.4, -0.2) is 5.11 Å². The van der Waals surface area contributed by atoms with E-state index in [1.807, 2.05) is 0 Å². The first-order chi connectivity index (χ1) is 11.2. The van der Waals surface area contributed by atoms with Gasteiger partial charge in [-0.1, -0.05) is 24.3 Å². The summed E-state index contributed by atoms with van der Waals surface area (Å²) in [7, 11) is 0. The summed E-state index contributed by atoms with van der Waals surface area (Å²) in [4.78, 5) is 12.8. The Hall–Kier alpha value is -2.76. The molecule has 0 amide bonds. The number of halogens is 3. The molecule has 0 aliphatic carbocycles. The number of fused-ring (bicyclic) bond motifs is 1. The number of benzene rings is 2. The van der Waals surface area contributed by atoms with Gasteiger partial charge in [0.05, 0.1) is 10.9 Å². The lowest BCUT2D eigenvalue weighted by Gasteiger charge is -2.15. The summed E-state index contributed by atoms with van der Waals surface area (Å²) in [6.45, 7) is 3.02. The summed E-state index contributed by atoms with van der Waals surface area (Å²) in [5, 5.41) is 9.69. The van der Waals surface area contributed by atoms with E-state index in [1.165, 1.54) is 25.1 Å². The first-order valence-corrected chi connectivity index (χ1v) is 7.14. The van der Waals surface area contributed by atoms with Crippen molar-refractivity contribution >= 4 is 11.0 Å². The number of phenols is 1. The lowest BCUT2D eigenvalue weighted by atomic mass is 9.97. The zero-order valence-electron chi connectivity index (χ0n) is 12.9. The third kappa shape index (κ3) is 2.44. The molecule has 124 valence electrons. The molecular weight excluding hydrogens is 321 g/mol. The molecule has 0 atom stereocenters. The van der Waals surface area contributed by atoms with Crippen LogP contribution in [0.2, 0.25) is 0 Å². The van der Waals surface area contributed by atoms with Gasteiger partial charge in [0.25, 0.3) is 0 Å². The third-order valence-corrected chi connectivity index (χ3v) is 3.95. The van der Waals surface area contributed by atoms with Crippen LogP contribution in [0.25, 0.3) is 22.1 Å². The van der Waals surface area contributed by atoms with Gasteiger partial charge < -0.3 is 9.52 Å². The molecule has 0 aliphatic rings. The fourth-order valence-corrected chi connectivity index (χ4v) is 2.68. The van der Waals surface area contributed by atoms with Gasteiger partial charge in [-0.25, -0.2) is 0 Å². The topological polar surface area (TPSA) is 50.4 Å². The smallest absolute Gasteiger partial charge is 0.450 e. The first kappa shape index (κ1) is 16.1. The van der Waals surface area contributed by atoms with Gasteiger partial charge in [-0.2, -0.15) is 13.2 Å². The molecule has 0 radical (unpaired) electrons. The fourth-order valence-electron chi connectivity index (χ4n) is 2.68. The average molecular weight is 334 g/mol. The number of alkyl halides is 3. The summed E-state index contributed by atoms with van der Waals surface area (Å²) in [6, 6.07) is 8.86. The molecule has 0 aliphatic heterocycles. The highest BCUT2D eigenvalue weighted by Crippen LogP contribution is 2.39. The molecule has 0 saturated heterocycles. The van der Waals surface area contributed by atoms with Gasteiger partial charge in [0, 0.05) is 5.56 Å². The Balaban J connectivity index is 2.54. The summed E-state index contributed by atoms with van der Waals surface area (Å²) in [6.07, 6.45) is -4.84. The summed E-state index contributed by atoms with van der Waals surface area (Å²) >= 11 is 0. The predicted octanol–water partition coefficient (Wildman–Crippen LogP) is 4.80. The van der Waals surface area contributed by atoms with Crippen LogP contribution < -0.4 is 5.43 Å². The Morgan fingerprint density at radius 2 is 1.71 bits per heavy atom. The van der Waals surface area contributed by atoms with Gasteiger partial charge in [0.15, 0.2) is 0 Å². The van der Waals surface area contributed by atoms with Crippen LogP contribution in [0.15, 0.2) is 45.6 Å². The van der Waals surface area contributed by atoms with Gasteiger partial charge >= 0.3 is 6.18 Å². The number of aryl methyl sites for hydroxylation is 2. The molecule has 0 fully saturated rings. The third-order valence-electron chi connectivity index (χ3n) is 3.95. The number of rotatable bonds is 1. The zero-order valence-corrected chi connectivity index (χ0v) is 12.9. The molecule has 1 N–H and O–H groups in total. The van der Waals surface area contributed by atoms with Crippen molar-refractivity contribution < 1.29 is 22.7 Å². The van der Waals surface area contributed by atoms with Crippen molar-refractivity contribution in [3.8, 4) is 16.9 Å². The maximum atomic E-state index is 13.5. The van der Waals surface area contributed by atoms with Crippen LogP contribution >= 0.6 is 0 Å². The Kier molecular flexibility index (Phi) is 3.63. The van der Waals surface area contributed by atoms with Crippen LogP contribution in [0.1, 0.15) is 16.9 Å². The largest absolute Gasteiger partial charge is 0.508 e. The Morgan fingerprint density at radius 1 is 1.04 bits per heavy atom. The number of phenolic OH excluding ortho intramolecular Hbond substituents is 1. The van der Waals surface area contributed by atoms with Gasteiger partial charge in [0.1, 0.15) is 11.3 Å². The van der Waals surface area contributed by atoms with E-state index in [-0.39, 0.29) is 27.8 Å². The van der Waals surface area contributed by atoms with E-state index in [0.29, 0.717) is 5.56 Å². The Labute approximate surface area is 135 Å². The quantitative estimate of drug-likeness (QED) is 0.695. The van der Waals surface area contributed by atoms with E-state index in [2.05, 4.69) is 0 Å². The molecule has 0 spiro atoms. The fraction of sp³-hybridized carbons (Fsp3) is 0.167. The van der Waals surface area contributed by atoms with E-state index in [9.17, 15) is 23.1 Å². The normalized spacial score (nSPS) is 11.9. The summed E-state index contributed by atoms with van der Waals surface area (Å²) in [5.74, 6) is -1.59. The van der Waals surface area contributed by atoms with Crippen molar-refractivity contribution in [2.45, 2.75) is 20.0 Å². The second-order valence-electron chi connectivity index (χ2n) is 5.53. The Morgan fingerprint density at radius 3 is 2.33 bits per heavy atom.